The van der Waals surface area contributed by atoms with Crippen LogP contribution >= 0.6 is 0 Å². The van der Waals surface area contributed by atoms with Gasteiger partial charge in [-0.05, 0) is 62.6 Å². The lowest BCUT2D eigenvalue weighted by Gasteiger charge is -2.36. The molecule has 2 aromatic rings. The lowest BCUT2D eigenvalue weighted by Crippen LogP contribution is -2.46. The number of hydrogen-bond donors (Lipinski definition) is 1. The maximum absolute atomic E-state index is 12.1. The van der Waals surface area contributed by atoms with Crippen LogP contribution in [0.5, 0.6) is 0 Å². The molecule has 0 radical (unpaired) electrons. The van der Waals surface area contributed by atoms with Crippen molar-refractivity contribution in [3.8, 4) is 0 Å². The Kier molecular flexibility index (Phi) is 8.08. The molecule has 0 atom stereocenters. The minimum Gasteiger partial charge on any atom is -0.369 e. The summed E-state index contributed by atoms with van der Waals surface area (Å²) in [6.45, 7) is 9.83. The molecule has 1 aliphatic heterocycles. The number of unbranched alkanes of at least 4 members (excludes halogenated alkanes) is 1. The predicted octanol–water partition coefficient (Wildman–Crippen LogP) is 3.80. The zero-order valence-electron chi connectivity index (χ0n) is 18.0. The number of hydrogen-bond acceptors (Lipinski definition) is 4. The number of nitrogens with zero attached hydrogens (tertiary/aromatic N) is 2. The summed E-state index contributed by atoms with van der Waals surface area (Å²) in [5.74, 6) is 0. The van der Waals surface area contributed by atoms with Crippen molar-refractivity contribution in [2.45, 2.75) is 26.7 Å². The monoisotopic (exact) mass is 427 g/mol. The number of anilines is 1. The normalized spacial score (nSPS) is 15.7. The van der Waals surface area contributed by atoms with Crippen LogP contribution in [0.4, 0.5) is 5.69 Å². The van der Waals surface area contributed by atoms with Gasteiger partial charge in [0.05, 0.1) is 0 Å². The smallest absolute Gasteiger partial charge is 0.233 e. The Morgan fingerprint density at radius 3 is 2.37 bits per heavy atom. The van der Waals surface area contributed by atoms with Gasteiger partial charge in [-0.3, -0.25) is 4.90 Å². The Bertz CT molecular complexity index is 931. The molecule has 1 aliphatic rings. The molecule has 1 saturated heterocycles. The second kappa shape index (κ2) is 10.8. The van der Waals surface area contributed by atoms with Gasteiger partial charge in [0.1, 0.15) is 0 Å². The summed E-state index contributed by atoms with van der Waals surface area (Å²) < 4.78 is 26.9. The van der Waals surface area contributed by atoms with E-state index >= 15 is 0 Å². The molecule has 1 heterocycles. The fourth-order valence-electron chi connectivity index (χ4n) is 3.62. The highest BCUT2D eigenvalue weighted by Crippen LogP contribution is 2.18. The average molecular weight is 428 g/mol. The van der Waals surface area contributed by atoms with Gasteiger partial charge in [-0.2, -0.15) is 0 Å². The van der Waals surface area contributed by atoms with E-state index in [2.05, 4.69) is 45.7 Å². The molecule has 0 amide bonds. The van der Waals surface area contributed by atoms with E-state index in [1.807, 2.05) is 31.2 Å². The zero-order valence-corrected chi connectivity index (χ0v) is 18.9. The fourth-order valence-corrected chi connectivity index (χ4v) is 4.48. The topological polar surface area (TPSA) is 52.7 Å². The highest BCUT2D eigenvalue weighted by Gasteiger charge is 2.16. The van der Waals surface area contributed by atoms with Crippen LogP contribution in [0, 0.1) is 13.8 Å². The summed E-state index contributed by atoms with van der Waals surface area (Å²) in [4.78, 5) is 4.91. The number of rotatable bonds is 9. The van der Waals surface area contributed by atoms with Gasteiger partial charge in [0.25, 0.3) is 0 Å². The van der Waals surface area contributed by atoms with Crippen molar-refractivity contribution in [1.29, 1.82) is 0 Å². The Morgan fingerprint density at radius 1 is 0.933 bits per heavy atom. The van der Waals surface area contributed by atoms with Crippen LogP contribution in [0.1, 0.15) is 29.5 Å². The summed E-state index contributed by atoms with van der Waals surface area (Å²) in [6.07, 6.45) is 3.47. The molecule has 6 heteroatoms. The molecule has 0 saturated carbocycles. The third-order valence-electron chi connectivity index (χ3n) is 5.46. The molecule has 0 aliphatic carbocycles. The number of aryl methyl sites for hydroxylation is 2. The molecule has 0 spiro atoms. The van der Waals surface area contributed by atoms with E-state index in [1.165, 1.54) is 16.7 Å². The third-order valence-corrected chi connectivity index (χ3v) is 6.56. The molecular weight excluding hydrogens is 394 g/mol. The van der Waals surface area contributed by atoms with E-state index in [9.17, 15) is 8.42 Å². The number of sulfonamides is 1. The van der Waals surface area contributed by atoms with E-state index in [0.29, 0.717) is 6.54 Å². The van der Waals surface area contributed by atoms with Gasteiger partial charge in [0.15, 0.2) is 0 Å². The van der Waals surface area contributed by atoms with Gasteiger partial charge in [-0.15, -0.1) is 0 Å². The van der Waals surface area contributed by atoms with Crippen LogP contribution in [-0.2, 0) is 10.0 Å². The van der Waals surface area contributed by atoms with Crippen molar-refractivity contribution in [2.75, 3.05) is 44.2 Å². The summed E-state index contributed by atoms with van der Waals surface area (Å²) in [5.41, 5.74) is 4.65. The molecule has 30 heavy (non-hydrogen) atoms. The Hall–Kier alpha value is -2.15. The summed E-state index contributed by atoms with van der Waals surface area (Å²) in [5, 5.41) is 1.25. The quantitative estimate of drug-likeness (QED) is 0.619. The summed E-state index contributed by atoms with van der Waals surface area (Å²) in [6, 6.07) is 16.5. The van der Waals surface area contributed by atoms with E-state index in [0.717, 1.165) is 56.7 Å². The minimum absolute atomic E-state index is 0.476. The van der Waals surface area contributed by atoms with Crippen molar-refractivity contribution in [3.05, 3.63) is 70.6 Å². The molecular formula is C24H33N3O2S. The first-order valence-electron chi connectivity index (χ1n) is 10.7. The van der Waals surface area contributed by atoms with Crippen LogP contribution in [0.15, 0.2) is 53.9 Å². The largest absolute Gasteiger partial charge is 0.369 e. The van der Waals surface area contributed by atoms with E-state index < -0.39 is 10.0 Å². The molecule has 1 fully saturated rings. The first-order chi connectivity index (χ1) is 14.4. The van der Waals surface area contributed by atoms with Crippen LogP contribution in [0.25, 0.3) is 6.08 Å². The molecule has 2 aromatic carbocycles. The molecule has 0 aromatic heterocycles. The minimum atomic E-state index is -3.39. The predicted molar refractivity (Wildman–Crippen MR) is 126 cm³/mol. The second-order valence-corrected chi connectivity index (χ2v) is 9.68. The lowest BCUT2D eigenvalue weighted by atomic mass is 10.2. The maximum Gasteiger partial charge on any atom is 0.233 e. The Labute approximate surface area is 181 Å². The highest BCUT2D eigenvalue weighted by molar-refractivity contribution is 7.92. The molecule has 0 bridgehead atoms. The average Bonchev–Trinajstić information content (AvgIpc) is 2.73. The highest BCUT2D eigenvalue weighted by atomic mass is 32.2. The molecule has 3 rings (SSSR count). The fraction of sp³-hybridized carbons (Fsp3) is 0.417. The second-order valence-electron chi connectivity index (χ2n) is 8.03. The third kappa shape index (κ3) is 7.27. The van der Waals surface area contributed by atoms with Crippen LogP contribution in [-0.4, -0.2) is 52.6 Å². The van der Waals surface area contributed by atoms with Gasteiger partial charge in [0.2, 0.25) is 10.0 Å². The van der Waals surface area contributed by atoms with E-state index in [4.69, 9.17) is 0 Å². The number of nitrogens with one attached hydrogen (secondary N) is 1. The zero-order chi connectivity index (χ0) is 21.4. The van der Waals surface area contributed by atoms with Crippen molar-refractivity contribution in [2.24, 2.45) is 0 Å². The molecule has 5 nitrogen and oxygen atoms in total. The first kappa shape index (κ1) is 22.5. The van der Waals surface area contributed by atoms with Gasteiger partial charge < -0.3 is 4.90 Å². The first-order valence-corrected chi connectivity index (χ1v) is 12.2. The SMILES string of the molecule is Cc1ccc(/C=C/S(=O)(=O)NCCCCN2CCN(c3cccc(C)c3)CC2)cc1. The number of piperazine rings is 1. The van der Waals surface area contributed by atoms with Crippen molar-refractivity contribution >= 4 is 21.8 Å². The number of benzene rings is 2. The van der Waals surface area contributed by atoms with Crippen LogP contribution in [0.3, 0.4) is 0 Å². The van der Waals surface area contributed by atoms with E-state index in [1.54, 1.807) is 6.08 Å². The van der Waals surface area contributed by atoms with Gasteiger partial charge in [-0.1, -0.05) is 42.0 Å². The van der Waals surface area contributed by atoms with E-state index in [-0.39, 0.29) is 0 Å². The van der Waals surface area contributed by atoms with Crippen LogP contribution in [0.2, 0.25) is 0 Å². The van der Waals surface area contributed by atoms with Crippen molar-refractivity contribution in [3.63, 3.8) is 0 Å². The van der Waals surface area contributed by atoms with Gasteiger partial charge >= 0.3 is 0 Å². The van der Waals surface area contributed by atoms with Gasteiger partial charge in [-0.25, -0.2) is 13.1 Å². The Balaban J connectivity index is 1.32. The standard InChI is InChI=1S/C24H33N3O2S/c1-21-8-10-23(11-9-21)12-19-30(28,29)25-13-3-4-14-26-15-17-27(18-16-26)24-7-5-6-22(2)20-24/h5-12,19-20,25H,3-4,13-18H2,1-2H3/b19-12+. The van der Waals surface area contributed by atoms with Crippen molar-refractivity contribution in [1.82, 2.24) is 9.62 Å². The summed E-state index contributed by atoms with van der Waals surface area (Å²) >= 11 is 0. The van der Waals surface area contributed by atoms with Crippen LogP contribution < -0.4 is 9.62 Å². The van der Waals surface area contributed by atoms with Gasteiger partial charge in [0, 0.05) is 43.8 Å². The lowest BCUT2D eigenvalue weighted by molar-refractivity contribution is 0.253. The molecule has 1 N–H and O–H groups in total. The Morgan fingerprint density at radius 2 is 1.67 bits per heavy atom. The molecule has 0 unspecified atom stereocenters. The molecule has 162 valence electrons. The van der Waals surface area contributed by atoms with Crippen molar-refractivity contribution < 1.29 is 8.42 Å². The maximum atomic E-state index is 12.1. The summed E-state index contributed by atoms with van der Waals surface area (Å²) in [7, 11) is -3.39.